The smallest absolute Gasteiger partial charge is 0.385 e. The SMILES string of the molecule is COCCCN1CC(=O)N(CCc2cccc(C(F)(F)F)c2)CC(=O)N(Cc2ccc(Cl)c(Cl)c2)CC(=O)NCc2cccc(n2)C1=O. The summed E-state index contributed by atoms with van der Waals surface area (Å²) < 4.78 is 45.3. The molecule has 2 aromatic carbocycles. The molecule has 0 unspecified atom stereocenters. The predicted molar refractivity (Wildman–Crippen MR) is 172 cm³/mol. The van der Waals surface area contributed by atoms with Gasteiger partial charge >= 0.3 is 6.18 Å². The third kappa shape index (κ3) is 10.4. The number of nitrogens with zero attached hydrogens (tertiary/aromatic N) is 4. The Morgan fingerprint density at radius 1 is 0.833 bits per heavy atom. The van der Waals surface area contributed by atoms with Crippen molar-refractivity contribution in [1.29, 1.82) is 0 Å². The van der Waals surface area contributed by atoms with Gasteiger partial charge in [0.1, 0.15) is 12.2 Å². The van der Waals surface area contributed by atoms with Gasteiger partial charge in [0.25, 0.3) is 5.91 Å². The van der Waals surface area contributed by atoms with Crippen LogP contribution in [0.15, 0.2) is 60.7 Å². The van der Waals surface area contributed by atoms with Crippen molar-refractivity contribution >= 4 is 46.8 Å². The summed E-state index contributed by atoms with van der Waals surface area (Å²) in [5, 5.41) is 3.25. The van der Waals surface area contributed by atoms with Gasteiger partial charge in [0.15, 0.2) is 0 Å². The number of alkyl halides is 3. The van der Waals surface area contributed by atoms with Gasteiger partial charge in [0.2, 0.25) is 17.7 Å². The molecule has 0 aliphatic carbocycles. The Morgan fingerprint density at radius 2 is 1.56 bits per heavy atom. The van der Waals surface area contributed by atoms with Gasteiger partial charge < -0.3 is 24.8 Å². The van der Waals surface area contributed by atoms with Crippen molar-refractivity contribution < 1.29 is 37.1 Å². The standard InChI is InChI=1S/C33H34Cl2F3N5O5/c1-48-14-4-12-42-21-30(45)41(13-11-22-5-2-6-24(15-22)33(36,37)38)20-31(46)43(18-23-9-10-26(34)27(35)16-23)19-29(44)39-17-25-7-3-8-28(40-25)32(42)47/h2-3,5-10,15-16H,4,11-14,17-21H2,1H3,(H,39,44). The maximum absolute atomic E-state index is 13.9. The fraction of sp³-hybridized carbons (Fsp3) is 0.364. The summed E-state index contributed by atoms with van der Waals surface area (Å²) in [5.74, 6) is -2.31. The zero-order valence-corrected chi connectivity index (χ0v) is 27.6. The number of halogens is 5. The molecule has 2 heterocycles. The number of ether oxygens (including phenoxy) is 1. The molecule has 4 rings (SSSR count). The molecule has 4 amide bonds. The Balaban J connectivity index is 1.69. The van der Waals surface area contributed by atoms with Gasteiger partial charge in [-0.1, -0.05) is 53.5 Å². The van der Waals surface area contributed by atoms with Crippen LogP contribution in [0.1, 0.15) is 39.3 Å². The molecule has 1 aromatic heterocycles. The number of carbonyl (C=O) groups excluding carboxylic acids is 4. The summed E-state index contributed by atoms with van der Waals surface area (Å²) in [6, 6.07) is 14.2. The number of aromatic nitrogens is 1. The molecule has 0 saturated heterocycles. The van der Waals surface area contributed by atoms with Crippen LogP contribution >= 0.6 is 23.2 Å². The highest BCUT2D eigenvalue weighted by Gasteiger charge is 2.31. The lowest BCUT2D eigenvalue weighted by Crippen LogP contribution is -2.49. The first-order valence-corrected chi connectivity index (χ1v) is 15.8. The monoisotopic (exact) mass is 707 g/mol. The third-order valence-corrected chi connectivity index (χ3v) is 8.27. The summed E-state index contributed by atoms with van der Waals surface area (Å²) in [6.07, 6.45) is -4.19. The van der Waals surface area contributed by atoms with E-state index in [4.69, 9.17) is 27.9 Å². The number of nitrogens with one attached hydrogen (secondary N) is 1. The number of hydrogen-bond acceptors (Lipinski definition) is 6. The second-order valence-corrected chi connectivity index (χ2v) is 11.9. The van der Waals surface area contributed by atoms with Crippen LogP contribution in [-0.2, 0) is 44.8 Å². The van der Waals surface area contributed by atoms with Gasteiger partial charge in [-0.3, -0.25) is 19.2 Å². The molecule has 0 fully saturated rings. The zero-order chi connectivity index (χ0) is 34.8. The minimum atomic E-state index is -4.56. The van der Waals surface area contributed by atoms with Crippen LogP contribution in [-0.4, -0.2) is 89.8 Å². The Bertz CT molecular complexity index is 1640. The Labute approximate surface area is 285 Å². The molecule has 10 nitrogen and oxygen atoms in total. The Hall–Kier alpha value is -4.20. The van der Waals surface area contributed by atoms with Gasteiger partial charge in [-0.2, -0.15) is 13.2 Å². The van der Waals surface area contributed by atoms with E-state index in [2.05, 4.69) is 10.3 Å². The van der Waals surface area contributed by atoms with Gasteiger partial charge in [0, 0.05) is 33.4 Å². The fourth-order valence-corrected chi connectivity index (χ4v) is 5.33. The van der Waals surface area contributed by atoms with E-state index < -0.39 is 55.0 Å². The van der Waals surface area contributed by atoms with Gasteiger partial charge in [-0.15, -0.1) is 0 Å². The van der Waals surface area contributed by atoms with Crippen molar-refractivity contribution in [1.82, 2.24) is 25.0 Å². The minimum absolute atomic E-state index is 0.0164. The highest BCUT2D eigenvalue weighted by Crippen LogP contribution is 2.29. The Morgan fingerprint density at radius 3 is 2.29 bits per heavy atom. The fourth-order valence-electron chi connectivity index (χ4n) is 5.01. The van der Waals surface area contributed by atoms with E-state index in [1.165, 1.54) is 40.0 Å². The Kier molecular flexibility index (Phi) is 12.8. The lowest BCUT2D eigenvalue weighted by atomic mass is 10.1. The molecule has 0 spiro atoms. The van der Waals surface area contributed by atoms with E-state index >= 15 is 0 Å². The predicted octanol–water partition coefficient (Wildman–Crippen LogP) is 4.62. The topological polar surface area (TPSA) is 112 Å². The van der Waals surface area contributed by atoms with E-state index in [0.717, 1.165) is 12.1 Å². The average Bonchev–Trinajstić information content (AvgIpc) is 3.05. The van der Waals surface area contributed by atoms with Crippen LogP contribution in [0.3, 0.4) is 0 Å². The number of fused-ring (bicyclic) bond motifs is 2. The molecular formula is C33H34Cl2F3N5O5. The second-order valence-electron chi connectivity index (χ2n) is 11.1. The van der Waals surface area contributed by atoms with Crippen LogP contribution in [0.25, 0.3) is 0 Å². The molecule has 0 radical (unpaired) electrons. The molecule has 0 atom stereocenters. The number of pyridine rings is 1. The summed E-state index contributed by atoms with van der Waals surface area (Å²) in [7, 11) is 1.50. The molecule has 15 heteroatoms. The molecule has 3 aromatic rings. The summed E-state index contributed by atoms with van der Waals surface area (Å²) >= 11 is 12.2. The number of carbonyl (C=O) groups is 4. The van der Waals surface area contributed by atoms with Crippen molar-refractivity contribution in [2.45, 2.75) is 32.1 Å². The first-order valence-electron chi connectivity index (χ1n) is 15.0. The van der Waals surface area contributed by atoms with Crippen molar-refractivity contribution in [2.75, 3.05) is 46.4 Å². The van der Waals surface area contributed by atoms with E-state index in [1.807, 2.05) is 0 Å². The maximum atomic E-state index is 13.9. The van der Waals surface area contributed by atoms with E-state index in [-0.39, 0.29) is 43.3 Å². The van der Waals surface area contributed by atoms with Crippen LogP contribution < -0.4 is 5.32 Å². The van der Waals surface area contributed by atoms with E-state index in [9.17, 15) is 32.3 Å². The molecule has 48 heavy (non-hydrogen) atoms. The number of rotatable bonds is 9. The van der Waals surface area contributed by atoms with Crippen molar-refractivity contribution in [3.05, 3.63) is 98.8 Å². The summed E-state index contributed by atoms with van der Waals surface area (Å²) in [4.78, 5) is 62.5. The molecular weight excluding hydrogens is 674 g/mol. The molecule has 1 aliphatic heterocycles. The minimum Gasteiger partial charge on any atom is -0.385 e. The van der Waals surface area contributed by atoms with Crippen molar-refractivity contribution in [3.8, 4) is 0 Å². The van der Waals surface area contributed by atoms with Crippen LogP contribution in [0.5, 0.6) is 0 Å². The van der Waals surface area contributed by atoms with Crippen LogP contribution in [0.2, 0.25) is 10.0 Å². The first-order chi connectivity index (χ1) is 22.8. The molecule has 256 valence electrons. The normalized spacial score (nSPS) is 15.3. The highest BCUT2D eigenvalue weighted by atomic mass is 35.5. The zero-order valence-electron chi connectivity index (χ0n) is 26.1. The molecule has 2 bridgehead atoms. The van der Waals surface area contributed by atoms with Crippen LogP contribution in [0.4, 0.5) is 13.2 Å². The quantitative estimate of drug-likeness (QED) is 0.325. The van der Waals surface area contributed by atoms with E-state index in [0.29, 0.717) is 34.9 Å². The summed E-state index contributed by atoms with van der Waals surface area (Å²) in [6.45, 7) is -1.15. The second kappa shape index (κ2) is 16.8. The molecule has 0 saturated carbocycles. The van der Waals surface area contributed by atoms with Crippen molar-refractivity contribution in [2.24, 2.45) is 0 Å². The lowest BCUT2D eigenvalue weighted by molar-refractivity contribution is -0.142. The molecule has 1 aliphatic rings. The first kappa shape index (κ1) is 36.6. The van der Waals surface area contributed by atoms with Crippen LogP contribution in [0, 0.1) is 0 Å². The third-order valence-electron chi connectivity index (χ3n) is 7.53. The maximum Gasteiger partial charge on any atom is 0.416 e. The molecule has 1 N–H and O–H groups in total. The van der Waals surface area contributed by atoms with Gasteiger partial charge in [-0.25, -0.2) is 4.98 Å². The highest BCUT2D eigenvalue weighted by molar-refractivity contribution is 6.42. The summed E-state index contributed by atoms with van der Waals surface area (Å²) in [5.41, 5.74) is 0.451. The van der Waals surface area contributed by atoms with Crippen molar-refractivity contribution in [3.63, 3.8) is 0 Å². The van der Waals surface area contributed by atoms with Gasteiger partial charge in [-0.05, 0) is 54.3 Å². The lowest BCUT2D eigenvalue weighted by Gasteiger charge is -2.30. The number of methoxy groups -OCH3 is 1. The van der Waals surface area contributed by atoms with E-state index in [1.54, 1.807) is 30.3 Å². The largest absolute Gasteiger partial charge is 0.416 e. The number of hydrogen-bond donors (Lipinski definition) is 1. The number of benzene rings is 2. The number of amides is 4. The van der Waals surface area contributed by atoms with Gasteiger partial charge in [0.05, 0.1) is 40.9 Å². The average molecular weight is 709 g/mol.